The topological polar surface area (TPSA) is 26.3 Å². The highest BCUT2D eigenvalue weighted by atomic mass is 79.9. The third kappa shape index (κ3) is 3.14. The Hall–Kier alpha value is -0.830. The molecule has 76 valence electrons. The highest BCUT2D eigenvalue weighted by molar-refractivity contribution is 9.09. The summed E-state index contributed by atoms with van der Waals surface area (Å²) in [6.45, 7) is 2.03. The van der Waals surface area contributed by atoms with Crippen LogP contribution < -0.4 is 0 Å². The number of rotatable bonds is 3. The molecule has 0 aliphatic rings. The van der Waals surface area contributed by atoms with E-state index in [4.69, 9.17) is 0 Å². The number of halogens is 1. The van der Waals surface area contributed by atoms with Gasteiger partial charge in [0.25, 0.3) is 0 Å². The van der Waals surface area contributed by atoms with Crippen LogP contribution in [-0.2, 0) is 9.53 Å². The number of hydrogen-bond donors (Lipinski definition) is 0. The molecule has 2 nitrogen and oxygen atoms in total. The minimum atomic E-state index is -0.201. The second-order valence-corrected chi connectivity index (χ2v) is 4.27. The number of carbonyl (C=O) groups excluding carboxylic acids is 1. The van der Waals surface area contributed by atoms with Gasteiger partial charge in [0.2, 0.25) is 0 Å². The summed E-state index contributed by atoms with van der Waals surface area (Å²) < 4.78 is 4.60. The first kappa shape index (κ1) is 11.2. The zero-order chi connectivity index (χ0) is 10.6. The lowest BCUT2D eigenvalue weighted by Crippen LogP contribution is -2.04. The molecule has 0 bridgehead atoms. The Labute approximate surface area is 92.4 Å². The molecule has 0 N–H and O–H groups in total. The first-order valence-corrected chi connectivity index (χ1v) is 5.32. The van der Waals surface area contributed by atoms with E-state index in [1.54, 1.807) is 0 Å². The van der Waals surface area contributed by atoms with Gasteiger partial charge in [-0.1, -0.05) is 45.8 Å². The number of benzene rings is 1. The minimum absolute atomic E-state index is 0.0369. The normalized spacial score (nSPS) is 12.2. The maximum Gasteiger partial charge on any atom is 0.306 e. The number of carbonyl (C=O) groups is 1. The van der Waals surface area contributed by atoms with Crippen molar-refractivity contribution in [1.29, 1.82) is 0 Å². The highest BCUT2D eigenvalue weighted by Crippen LogP contribution is 2.27. The van der Waals surface area contributed by atoms with E-state index in [0.29, 0.717) is 6.42 Å². The maximum atomic E-state index is 11.0. The Kier molecular flexibility index (Phi) is 4.14. The molecule has 0 saturated heterocycles. The van der Waals surface area contributed by atoms with E-state index in [0.717, 1.165) is 5.56 Å². The number of alkyl halides is 1. The van der Waals surface area contributed by atoms with E-state index >= 15 is 0 Å². The van der Waals surface area contributed by atoms with Gasteiger partial charge < -0.3 is 4.74 Å². The predicted octanol–water partition coefficient (Wildman–Crippen LogP) is 2.99. The third-order valence-electron chi connectivity index (χ3n) is 1.98. The molecule has 0 spiro atoms. The fourth-order valence-corrected chi connectivity index (χ4v) is 1.76. The maximum absolute atomic E-state index is 11.0. The van der Waals surface area contributed by atoms with Gasteiger partial charge in [-0.3, -0.25) is 4.79 Å². The Balaban J connectivity index is 2.69. The van der Waals surface area contributed by atoms with Gasteiger partial charge in [0.1, 0.15) is 0 Å². The van der Waals surface area contributed by atoms with E-state index in [1.165, 1.54) is 12.7 Å². The third-order valence-corrected chi connectivity index (χ3v) is 2.83. The molecule has 0 radical (unpaired) electrons. The van der Waals surface area contributed by atoms with Crippen LogP contribution in [0.25, 0.3) is 0 Å². The molecule has 1 aromatic rings. The fourth-order valence-electron chi connectivity index (χ4n) is 1.21. The Morgan fingerprint density at radius 1 is 1.57 bits per heavy atom. The standard InChI is InChI=1S/C11H13BrO2/c1-8-4-3-5-9(6-8)10(12)7-11(13)14-2/h3-6,10H,7H2,1-2H3. The van der Waals surface area contributed by atoms with Crippen molar-refractivity contribution in [2.24, 2.45) is 0 Å². The quantitative estimate of drug-likeness (QED) is 0.614. The van der Waals surface area contributed by atoms with Gasteiger partial charge >= 0.3 is 5.97 Å². The van der Waals surface area contributed by atoms with E-state index in [-0.39, 0.29) is 10.8 Å². The van der Waals surface area contributed by atoms with Crippen LogP contribution in [0.4, 0.5) is 0 Å². The average Bonchev–Trinajstić information content (AvgIpc) is 2.17. The Morgan fingerprint density at radius 3 is 2.86 bits per heavy atom. The van der Waals surface area contributed by atoms with Crippen LogP contribution in [0.15, 0.2) is 24.3 Å². The van der Waals surface area contributed by atoms with Gasteiger partial charge in [-0.05, 0) is 12.5 Å². The molecule has 1 aromatic carbocycles. The Bertz CT molecular complexity index is 323. The number of methoxy groups -OCH3 is 1. The van der Waals surface area contributed by atoms with Crippen molar-refractivity contribution in [3.63, 3.8) is 0 Å². The summed E-state index contributed by atoms with van der Waals surface area (Å²) in [5.41, 5.74) is 2.30. The number of ether oxygens (including phenoxy) is 1. The van der Waals surface area contributed by atoms with Gasteiger partial charge in [-0.15, -0.1) is 0 Å². The van der Waals surface area contributed by atoms with Crippen LogP contribution in [0.5, 0.6) is 0 Å². The van der Waals surface area contributed by atoms with Gasteiger partial charge in [-0.25, -0.2) is 0 Å². The van der Waals surface area contributed by atoms with Crippen LogP contribution >= 0.6 is 15.9 Å². The molecule has 3 heteroatoms. The summed E-state index contributed by atoms with van der Waals surface area (Å²) in [6.07, 6.45) is 0.361. The highest BCUT2D eigenvalue weighted by Gasteiger charge is 2.12. The van der Waals surface area contributed by atoms with Crippen molar-refractivity contribution in [3.8, 4) is 0 Å². The second-order valence-electron chi connectivity index (χ2n) is 3.16. The van der Waals surface area contributed by atoms with Crippen molar-refractivity contribution in [2.45, 2.75) is 18.2 Å². The fraction of sp³-hybridized carbons (Fsp3) is 0.364. The van der Waals surface area contributed by atoms with Crippen molar-refractivity contribution in [2.75, 3.05) is 7.11 Å². The van der Waals surface area contributed by atoms with Crippen LogP contribution in [0.2, 0.25) is 0 Å². The van der Waals surface area contributed by atoms with E-state index < -0.39 is 0 Å². The number of esters is 1. The molecule has 0 fully saturated rings. The Morgan fingerprint density at radius 2 is 2.29 bits per heavy atom. The summed E-state index contributed by atoms with van der Waals surface area (Å²) >= 11 is 3.46. The zero-order valence-electron chi connectivity index (χ0n) is 8.29. The molecular formula is C11H13BrO2. The molecule has 0 aromatic heterocycles. The lowest BCUT2D eigenvalue weighted by Gasteiger charge is -2.09. The van der Waals surface area contributed by atoms with Crippen molar-refractivity contribution in [3.05, 3.63) is 35.4 Å². The first-order valence-electron chi connectivity index (χ1n) is 4.41. The average molecular weight is 257 g/mol. The number of aryl methyl sites for hydroxylation is 1. The molecular weight excluding hydrogens is 244 g/mol. The van der Waals surface area contributed by atoms with Crippen LogP contribution in [0.3, 0.4) is 0 Å². The van der Waals surface area contributed by atoms with E-state index in [2.05, 4.69) is 26.7 Å². The zero-order valence-corrected chi connectivity index (χ0v) is 9.87. The molecule has 0 heterocycles. The van der Waals surface area contributed by atoms with Crippen molar-refractivity contribution < 1.29 is 9.53 Å². The SMILES string of the molecule is COC(=O)CC(Br)c1cccc(C)c1. The lowest BCUT2D eigenvalue weighted by atomic mass is 10.1. The molecule has 0 amide bonds. The summed E-state index contributed by atoms with van der Waals surface area (Å²) in [7, 11) is 1.40. The molecule has 0 saturated carbocycles. The molecule has 0 aliphatic heterocycles. The predicted molar refractivity (Wildman–Crippen MR) is 59.5 cm³/mol. The van der Waals surface area contributed by atoms with Gasteiger partial charge in [0.15, 0.2) is 0 Å². The van der Waals surface area contributed by atoms with Gasteiger partial charge in [0, 0.05) is 4.83 Å². The lowest BCUT2D eigenvalue weighted by molar-refractivity contribution is -0.140. The van der Waals surface area contributed by atoms with Gasteiger partial charge in [-0.2, -0.15) is 0 Å². The van der Waals surface area contributed by atoms with Crippen LogP contribution in [0.1, 0.15) is 22.4 Å². The van der Waals surface area contributed by atoms with Crippen molar-refractivity contribution >= 4 is 21.9 Å². The van der Waals surface area contributed by atoms with E-state index in [1.807, 2.05) is 25.1 Å². The molecule has 0 aliphatic carbocycles. The summed E-state index contributed by atoms with van der Waals surface area (Å²) in [5.74, 6) is -0.201. The second kappa shape index (κ2) is 5.15. The molecule has 1 atom stereocenters. The minimum Gasteiger partial charge on any atom is -0.469 e. The summed E-state index contributed by atoms with van der Waals surface area (Å²) in [5, 5.41) is 0. The van der Waals surface area contributed by atoms with Crippen LogP contribution in [0, 0.1) is 6.92 Å². The van der Waals surface area contributed by atoms with Crippen molar-refractivity contribution in [1.82, 2.24) is 0 Å². The largest absolute Gasteiger partial charge is 0.469 e. The van der Waals surface area contributed by atoms with Crippen LogP contribution in [-0.4, -0.2) is 13.1 Å². The molecule has 1 rings (SSSR count). The molecule has 14 heavy (non-hydrogen) atoms. The monoisotopic (exact) mass is 256 g/mol. The smallest absolute Gasteiger partial charge is 0.306 e. The van der Waals surface area contributed by atoms with E-state index in [9.17, 15) is 4.79 Å². The summed E-state index contributed by atoms with van der Waals surface area (Å²) in [6, 6.07) is 8.06. The first-order chi connectivity index (χ1) is 6.63. The number of hydrogen-bond acceptors (Lipinski definition) is 2. The van der Waals surface area contributed by atoms with Gasteiger partial charge in [0.05, 0.1) is 13.5 Å². The summed E-state index contributed by atoms with van der Waals surface area (Å²) in [4.78, 5) is 11.1. The molecule has 1 unspecified atom stereocenters.